The zero-order valence-corrected chi connectivity index (χ0v) is 13.8. The van der Waals surface area contributed by atoms with Gasteiger partial charge in [-0.2, -0.15) is 5.10 Å². The largest absolute Gasteiger partial charge is 0.383 e. The monoisotopic (exact) mass is 356 g/mol. The van der Waals surface area contributed by atoms with E-state index < -0.39 is 0 Å². The SMILES string of the molecule is COCCn1ncc(N2C3CCC2CC(N)C3)c(Br)c1=O. The number of rotatable bonds is 4. The number of hydrogen-bond acceptors (Lipinski definition) is 5. The predicted octanol–water partition coefficient (Wildman–Crippen LogP) is 1.11. The van der Waals surface area contributed by atoms with Crippen LogP contribution < -0.4 is 16.2 Å². The van der Waals surface area contributed by atoms with Gasteiger partial charge in [0.05, 0.1) is 25.0 Å². The average molecular weight is 357 g/mol. The lowest BCUT2D eigenvalue weighted by Crippen LogP contribution is -2.48. The third-order valence-corrected chi connectivity index (χ3v) is 5.27. The Labute approximate surface area is 132 Å². The molecule has 7 heteroatoms. The third-order valence-electron chi connectivity index (χ3n) is 4.52. The molecule has 0 radical (unpaired) electrons. The zero-order valence-electron chi connectivity index (χ0n) is 12.2. The van der Waals surface area contributed by atoms with Crippen molar-refractivity contribution in [2.75, 3.05) is 18.6 Å². The maximum absolute atomic E-state index is 12.4. The topological polar surface area (TPSA) is 73.4 Å². The molecule has 116 valence electrons. The van der Waals surface area contributed by atoms with Crippen LogP contribution in [0.1, 0.15) is 25.7 Å². The molecule has 2 bridgehead atoms. The molecule has 2 unspecified atom stereocenters. The smallest absolute Gasteiger partial charge is 0.283 e. The number of nitrogens with two attached hydrogens (primary N) is 1. The molecule has 2 aliphatic rings. The molecule has 2 saturated heterocycles. The first-order valence-corrected chi connectivity index (χ1v) is 8.19. The van der Waals surface area contributed by atoms with Crippen molar-refractivity contribution in [3.63, 3.8) is 0 Å². The zero-order chi connectivity index (χ0) is 15.0. The lowest BCUT2D eigenvalue weighted by Gasteiger charge is -2.39. The van der Waals surface area contributed by atoms with Gasteiger partial charge in [-0.1, -0.05) is 0 Å². The van der Waals surface area contributed by atoms with E-state index in [4.69, 9.17) is 10.5 Å². The lowest BCUT2D eigenvalue weighted by molar-refractivity contribution is 0.181. The minimum absolute atomic E-state index is 0.0983. The van der Waals surface area contributed by atoms with Gasteiger partial charge >= 0.3 is 0 Å². The van der Waals surface area contributed by atoms with Crippen LogP contribution in [-0.2, 0) is 11.3 Å². The van der Waals surface area contributed by atoms with Crippen LogP contribution in [0.4, 0.5) is 5.69 Å². The summed E-state index contributed by atoms with van der Waals surface area (Å²) >= 11 is 3.47. The number of nitrogens with zero attached hydrogens (tertiary/aromatic N) is 3. The maximum atomic E-state index is 12.4. The third kappa shape index (κ3) is 2.74. The number of fused-ring (bicyclic) bond motifs is 2. The number of piperidine rings is 1. The van der Waals surface area contributed by atoms with Gasteiger partial charge in [0, 0.05) is 25.2 Å². The quantitative estimate of drug-likeness (QED) is 0.874. The van der Waals surface area contributed by atoms with Gasteiger partial charge in [-0.05, 0) is 41.6 Å². The molecule has 2 aliphatic heterocycles. The fraction of sp³-hybridized carbons (Fsp3) is 0.714. The molecule has 0 amide bonds. The molecular formula is C14H21BrN4O2. The molecule has 6 nitrogen and oxygen atoms in total. The summed E-state index contributed by atoms with van der Waals surface area (Å²) in [6, 6.07) is 1.16. The van der Waals surface area contributed by atoms with Crippen molar-refractivity contribution in [2.24, 2.45) is 5.73 Å². The molecule has 1 aromatic rings. The number of methoxy groups -OCH3 is 1. The van der Waals surface area contributed by atoms with E-state index in [1.807, 2.05) is 0 Å². The molecule has 3 heterocycles. The van der Waals surface area contributed by atoms with Gasteiger partial charge in [-0.3, -0.25) is 4.79 Å². The summed E-state index contributed by atoms with van der Waals surface area (Å²) < 4.78 is 7.04. The molecule has 0 spiro atoms. The van der Waals surface area contributed by atoms with Gasteiger partial charge in [0.25, 0.3) is 5.56 Å². The van der Waals surface area contributed by atoms with E-state index in [1.165, 1.54) is 4.68 Å². The van der Waals surface area contributed by atoms with E-state index in [2.05, 4.69) is 25.9 Å². The summed E-state index contributed by atoms with van der Waals surface area (Å²) in [6.45, 7) is 0.939. The highest BCUT2D eigenvalue weighted by molar-refractivity contribution is 9.10. The van der Waals surface area contributed by atoms with Gasteiger partial charge in [0.1, 0.15) is 4.47 Å². The molecule has 0 aliphatic carbocycles. The van der Waals surface area contributed by atoms with Crippen LogP contribution >= 0.6 is 15.9 Å². The molecule has 3 rings (SSSR count). The Morgan fingerprint density at radius 2 is 2.10 bits per heavy atom. The Morgan fingerprint density at radius 3 is 2.71 bits per heavy atom. The highest BCUT2D eigenvalue weighted by Crippen LogP contribution is 2.40. The van der Waals surface area contributed by atoms with E-state index >= 15 is 0 Å². The van der Waals surface area contributed by atoms with Gasteiger partial charge in [-0.15, -0.1) is 0 Å². The van der Waals surface area contributed by atoms with Crippen molar-refractivity contribution in [3.05, 3.63) is 21.0 Å². The molecule has 2 atom stereocenters. The Morgan fingerprint density at radius 1 is 1.43 bits per heavy atom. The number of ether oxygens (including phenoxy) is 1. The molecule has 0 saturated carbocycles. The fourth-order valence-corrected chi connectivity index (χ4v) is 4.10. The molecule has 0 aromatic carbocycles. The second kappa shape index (κ2) is 6.06. The van der Waals surface area contributed by atoms with Crippen molar-refractivity contribution < 1.29 is 4.74 Å². The van der Waals surface area contributed by atoms with Crippen molar-refractivity contribution in [1.29, 1.82) is 0 Å². The number of aromatic nitrogens is 2. The van der Waals surface area contributed by atoms with Crippen molar-refractivity contribution >= 4 is 21.6 Å². The first kappa shape index (κ1) is 15.0. The Kier molecular flexibility index (Phi) is 4.33. The van der Waals surface area contributed by atoms with E-state index in [0.717, 1.165) is 31.4 Å². The van der Waals surface area contributed by atoms with Crippen LogP contribution in [0.25, 0.3) is 0 Å². The van der Waals surface area contributed by atoms with Gasteiger partial charge in [-0.25, -0.2) is 4.68 Å². The lowest BCUT2D eigenvalue weighted by atomic mass is 9.98. The second-order valence-electron chi connectivity index (χ2n) is 5.89. The van der Waals surface area contributed by atoms with Crippen LogP contribution in [0.2, 0.25) is 0 Å². The van der Waals surface area contributed by atoms with Crippen LogP contribution in [0.15, 0.2) is 15.5 Å². The minimum atomic E-state index is -0.0983. The summed E-state index contributed by atoms with van der Waals surface area (Å²) in [5.74, 6) is 0. The van der Waals surface area contributed by atoms with Crippen LogP contribution in [0, 0.1) is 0 Å². The highest BCUT2D eigenvalue weighted by Gasteiger charge is 2.40. The first-order chi connectivity index (χ1) is 10.1. The van der Waals surface area contributed by atoms with Crippen LogP contribution in [-0.4, -0.2) is 41.6 Å². The van der Waals surface area contributed by atoms with Crippen molar-refractivity contribution in [1.82, 2.24) is 9.78 Å². The fourth-order valence-electron chi connectivity index (χ4n) is 3.59. The standard InChI is InChI=1S/C14H21BrN4O2/c1-21-5-4-18-14(20)13(15)12(8-17-18)19-10-2-3-11(19)7-9(16)6-10/h8-11H,2-7,16H2,1H3. The molecule has 21 heavy (non-hydrogen) atoms. The van der Waals surface area contributed by atoms with Gasteiger partial charge in [0.2, 0.25) is 0 Å². The number of halogens is 1. The normalized spacial score (nSPS) is 28.1. The predicted molar refractivity (Wildman–Crippen MR) is 84.6 cm³/mol. The second-order valence-corrected chi connectivity index (χ2v) is 6.68. The van der Waals surface area contributed by atoms with E-state index in [-0.39, 0.29) is 11.6 Å². The molecule has 1 aromatic heterocycles. The maximum Gasteiger partial charge on any atom is 0.283 e. The summed E-state index contributed by atoms with van der Waals surface area (Å²) in [4.78, 5) is 14.7. The summed E-state index contributed by atoms with van der Waals surface area (Å²) in [5, 5.41) is 4.29. The van der Waals surface area contributed by atoms with Crippen molar-refractivity contribution in [3.8, 4) is 0 Å². The van der Waals surface area contributed by atoms with Crippen LogP contribution in [0.3, 0.4) is 0 Å². The summed E-state index contributed by atoms with van der Waals surface area (Å²) in [5.41, 5.74) is 6.92. The Balaban J connectivity index is 1.90. The molecule has 2 fully saturated rings. The number of hydrogen-bond donors (Lipinski definition) is 1. The van der Waals surface area contributed by atoms with E-state index in [0.29, 0.717) is 29.7 Å². The van der Waals surface area contributed by atoms with Gasteiger partial charge < -0.3 is 15.4 Å². The van der Waals surface area contributed by atoms with E-state index in [1.54, 1.807) is 13.3 Å². The summed E-state index contributed by atoms with van der Waals surface area (Å²) in [7, 11) is 1.61. The Bertz CT molecular complexity index is 563. The van der Waals surface area contributed by atoms with Gasteiger partial charge in [0.15, 0.2) is 0 Å². The highest BCUT2D eigenvalue weighted by atomic mass is 79.9. The summed E-state index contributed by atoms with van der Waals surface area (Å²) in [6.07, 6.45) is 6.09. The van der Waals surface area contributed by atoms with E-state index in [9.17, 15) is 4.79 Å². The van der Waals surface area contributed by atoms with Crippen LogP contribution in [0.5, 0.6) is 0 Å². The first-order valence-electron chi connectivity index (χ1n) is 7.40. The molecule has 2 N–H and O–H groups in total. The number of anilines is 1. The van der Waals surface area contributed by atoms with Crippen molar-refractivity contribution in [2.45, 2.75) is 50.4 Å². The average Bonchev–Trinajstić information content (AvgIpc) is 2.72. The minimum Gasteiger partial charge on any atom is -0.383 e. The molecular weight excluding hydrogens is 336 g/mol. The Hall–Kier alpha value is -0.920.